The number of hydrogen-bond donors (Lipinski definition) is 1. The fraction of sp³-hybridized carbons (Fsp3) is 0.667. The molecule has 6 heteroatoms. The Labute approximate surface area is 182 Å². The van der Waals surface area contributed by atoms with Crippen molar-refractivity contribution in [1.29, 1.82) is 0 Å². The van der Waals surface area contributed by atoms with E-state index in [9.17, 15) is 9.59 Å². The number of nitrogens with zero attached hydrogens (tertiary/aromatic N) is 3. The third-order valence-corrected chi connectivity index (χ3v) is 6.49. The zero-order chi connectivity index (χ0) is 22.3. The van der Waals surface area contributed by atoms with Gasteiger partial charge in [0.25, 0.3) is 0 Å². The van der Waals surface area contributed by atoms with Crippen molar-refractivity contribution in [2.24, 2.45) is 0 Å². The Bertz CT molecular complexity index is 703. The molecule has 1 aromatic rings. The molecule has 1 aliphatic rings. The monoisotopic (exact) mass is 416 g/mol. The lowest BCUT2D eigenvalue weighted by Crippen LogP contribution is -2.53. The van der Waals surface area contributed by atoms with Gasteiger partial charge in [-0.3, -0.25) is 19.4 Å². The Morgan fingerprint density at radius 3 is 2.03 bits per heavy atom. The standard InChI is InChI=1S/C24H40N4O2/c1-7-19(4)28(20(5)8-2)24(30)17-27-14-12-26(13-15-27)16-23(29)25-22-11-9-10-18(3)21(22)6/h9-11,19-20H,7-8,12-17H2,1-6H3,(H,25,29)/t19-,20-/m1/s1. The summed E-state index contributed by atoms with van der Waals surface area (Å²) in [6.07, 6.45) is 1.94. The normalized spacial score (nSPS) is 17.4. The topological polar surface area (TPSA) is 55.9 Å². The van der Waals surface area contributed by atoms with Crippen LogP contribution in [0.5, 0.6) is 0 Å². The molecule has 1 heterocycles. The second kappa shape index (κ2) is 11.5. The summed E-state index contributed by atoms with van der Waals surface area (Å²) in [5.41, 5.74) is 3.18. The Kier molecular flexibility index (Phi) is 9.31. The van der Waals surface area contributed by atoms with Crippen LogP contribution in [0.3, 0.4) is 0 Å². The molecule has 0 unspecified atom stereocenters. The van der Waals surface area contributed by atoms with Crippen molar-refractivity contribution in [3.05, 3.63) is 29.3 Å². The quantitative estimate of drug-likeness (QED) is 0.671. The van der Waals surface area contributed by atoms with Crippen molar-refractivity contribution in [3.8, 4) is 0 Å². The molecule has 2 atom stereocenters. The highest BCUT2D eigenvalue weighted by Gasteiger charge is 2.27. The van der Waals surface area contributed by atoms with E-state index in [1.165, 1.54) is 5.56 Å². The lowest BCUT2D eigenvalue weighted by molar-refractivity contribution is -0.137. The van der Waals surface area contributed by atoms with Gasteiger partial charge in [-0.2, -0.15) is 0 Å². The number of carbonyl (C=O) groups is 2. The number of anilines is 1. The van der Waals surface area contributed by atoms with Crippen LogP contribution in [-0.2, 0) is 9.59 Å². The summed E-state index contributed by atoms with van der Waals surface area (Å²) in [5.74, 6) is 0.243. The highest BCUT2D eigenvalue weighted by molar-refractivity contribution is 5.93. The molecule has 2 amide bonds. The van der Waals surface area contributed by atoms with Crippen molar-refractivity contribution >= 4 is 17.5 Å². The summed E-state index contributed by atoms with van der Waals surface area (Å²) in [7, 11) is 0. The van der Waals surface area contributed by atoms with Crippen LogP contribution in [0.15, 0.2) is 18.2 Å². The van der Waals surface area contributed by atoms with E-state index >= 15 is 0 Å². The van der Waals surface area contributed by atoms with E-state index in [0.717, 1.165) is 50.3 Å². The molecule has 30 heavy (non-hydrogen) atoms. The van der Waals surface area contributed by atoms with E-state index in [-0.39, 0.29) is 23.9 Å². The third-order valence-electron chi connectivity index (χ3n) is 6.49. The molecule has 1 N–H and O–H groups in total. The molecule has 168 valence electrons. The van der Waals surface area contributed by atoms with E-state index in [1.807, 2.05) is 19.1 Å². The maximum atomic E-state index is 12.9. The van der Waals surface area contributed by atoms with E-state index < -0.39 is 0 Å². The van der Waals surface area contributed by atoms with Gasteiger partial charge in [-0.05, 0) is 57.7 Å². The number of hydrogen-bond acceptors (Lipinski definition) is 4. The van der Waals surface area contributed by atoms with Crippen molar-refractivity contribution in [2.75, 3.05) is 44.6 Å². The Balaban J connectivity index is 1.82. The van der Waals surface area contributed by atoms with Gasteiger partial charge in [0.2, 0.25) is 11.8 Å². The first-order chi connectivity index (χ1) is 14.3. The molecule has 0 saturated carbocycles. The lowest BCUT2D eigenvalue weighted by atomic mass is 10.1. The van der Waals surface area contributed by atoms with E-state index in [2.05, 4.69) is 60.7 Å². The summed E-state index contributed by atoms with van der Waals surface area (Å²) < 4.78 is 0. The molecular weight excluding hydrogens is 376 g/mol. The molecule has 0 radical (unpaired) electrons. The van der Waals surface area contributed by atoms with Gasteiger partial charge in [-0.15, -0.1) is 0 Å². The minimum absolute atomic E-state index is 0.0212. The van der Waals surface area contributed by atoms with Crippen molar-refractivity contribution < 1.29 is 9.59 Å². The summed E-state index contributed by atoms with van der Waals surface area (Å²) in [6.45, 7) is 16.7. The van der Waals surface area contributed by atoms with E-state index in [1.54, 1.807) is 0 Å². The average Bonchev–Trinajstić information content (AvgIpc) is 2.72. The highest BCUT2D eigenvalue weighted by Crippen LogP contribution is 2.18. The Morgan fingerprint density at radius 2 is 1.50 bits per heavy atom. The molecule has 1 aromatic carbocycles. The fourth-order valence-electron chi connectivity index (χ4n) is 3.98. The first kappa shape index (κ1) is 24.4. The third kappa shape index (κ3) is 6.54. The Morgan fingerprint density at radius 1 is 0.967 bits per heavy atom. The van der Waals surface area contributed by atoms with Crippen LogP contribution < -0.4 is 5.32 Å². The number of aryl methyl sites for hydroxylation is 1. The van der Waals surface area contributed by atoms with Crippen LogP contribution in [0.4, 0.5) is 5.69 Å². The second-order valence-corrected chi connectivity index (χ2v) is 8.66. The van der Waals surface area contributed by atoms with Crippen molar-refractivity contribution in [3.63, 3.8) is 0 Å². The highest BCUT2D eigenvalue weighted by atomic mass is 16.2. The van der Waals surface area contributed by atoms with Crippen LogP contribution >= 0.6 is 0 Å². The first-order valence-corrected chi connectivity index (χ1v) is 11.4. The largest absolute Gasteiger partial charge is 0.336 e. The number of nitrogens with one attached hydrogen (secondary N) is 1. The molecule has 0 spiro atoms. The number of piperazine rings is 1. The fourth-order valence-corrected chi connectivity index (χ4v) is 3.98. The molecule has 1 aliphatic heterocycles. The van der Waals surface area contributed by atoms with Crippen LogP contribution in [0.25, 0.3) is 0 Å². The number of rotatable bonds is 9. The molecule has 1 saturated heterocycles. The predicted octanol–water partition coefficient (Wildman–Crippen LogP) is 3.29. The van der Waals surface area contributed by atoms with Gasteiger partial charge in [-0.1, -0.05) is 26.0 Å². The number of carbonyl (C=O) groups excluding carboxylic acids is 2. The SMILES string of the molecule is CC[C@@H](C)N(C(=O)CN1CCN(CC(=O)Nc2cccc(C)c2C)CC1)[C@H](C)CC. The Hall–Kier alpha value is -1.92. The van der Waals surface area contributed by atoms with Gasteiger partial charge in [-0.25, -0.2) is 0 Å². The molecule has 0 aliphatic carbocycles. The van der Waals surface area contributed by atoms with Crippen LogP contribution in [0.1, 0.15) is 51.7 Å². The van der Waals surface area contributed by atoms with Gasteiger partial charge >= 0.3 is 0 Å². The molecule has 6 nitrogen and oxygen atoms in total. The van der Waals surface area contributed by atoms with Crippen LogP contribution in [0, 0.1) is 13.8 Å². The molecule has 0 bridgehead atoms. The maximum absolute atomic E-state index is 12.9. The van der Waals surface area contributed by atoms with Gasteiger partial charge in [0, 0.05) is 44.0 Å². The summed E-state index contributed by atoms with van der Waals surface area (Å²) >= 11 is 0. The van der Waals surface area contributed by atoms with Gasteiger partial charge in [0.15, 0.2) is 0 Å². The van der Waals surface area contributed by atoms with Crippen LogP contribution in [-0.4, -0.2) is 77.9 Å². The summed E-state index contributed by atoms with van der Waals surface area (Å²) in [4.78, 5) is 31.9. The van der Waals surface area contributed by atoms with Crippen molar-refractivity contribution in [2.45, 2.75) is 66.5 Å². The van der Waals surface area contributed by atoms with E-state index in [0.29, 0.717) is 13.1 Å². The van der Waals surface area contributed by atoms with Crippen molar-refractivity contribution in [1.82, 2.24) is 14.7 Å². The molecule has 1 fully saturated rings. The van der Waals surface area contributed by atoms with Gasteiger partial charge < -0.3 is 10.2 Å². The maximum Gasteiger partial charge on any atom is 0.238 e. The number of benzene rings is 1. The molecule has 2 rings (SSSR count). The summed E-state index contributed by atoms with van der Waals surface area (Å²) in [6, 6.07) is 6.50. The minimum atomic E-state index is 0.0212. The van der Waals surface area contributed by atoms with Gasteiger partial charge in [0.05, 0.1) is 13.1 Å². The average molecular weight is 417 g/mol. The minimum Gasteiger partial charge on any atom is -0.336 e. The summed E-state index contributed by atoms with van der Waals surface area (Å²) in [5, 5.41) is 3.04. The lowest BCUT2D eigenvalue weighted by Gasteiger charge is -2.38. The second-order valence-electron chi connectivity index (χ2n) is 8.66. The molecule has 0 aromatic heterocycles. The van der Waals surface area contributed by atoms with Gasteiger partial charge in [0.1, 0.15) is 0 Å². The van der Waals surface area contributed by atoms with E-state index in [4.69, 9.17) is 0 Å². The zero-order valence-electron chi connectivity index (χ0n) is 19.7. The zero-order valence-corrected chi connectivity index (χ0v) is 19.7. The smallest absolute Gasteiger partial charge is 0.238 e. The number of amides is 2. The first-order valence-electron chi connectivity index (χ1n) is 11.4. The molecular formula is C24H40N4O2. The predicted molar refractivity (Wildman–Crippen MR) is 124 cm³/mol. The van der Waals surface area contributed by atoms with Crippen LogP contribution in [0.2, 0.25) is 0 Å².